The first-order valence-electron chi connectivity index (χ1n) is 6.50. The molecule has 0 aliphatic heterocycles. The lowest BCUT2D eigenvalue weighted by molar-refractivity contribution is 0.496. The number of pyridine rings is 1. The molecule has 2 heterocycles. The molecule has 1 aliphatic rings. The van der Waals surface area contributed by atoms with Crippen molar-refractivity contribution in [3.05, 3.63) is 36.3 Å². The van der Waals surface area contributed by atoms with Gasteiger partial charge in [0.2, 0.25) is 0 Å². The summed E-state index contributed by atoms with van der Waals surface area (Å²) in [6.07, 6.45) is 8.28. The van der Waals surface area contributed by atoms with E-state index in [1.54, 1.807) is 6.20 Å². The molecule has 2 aromatic rings. The number of aromatic amines is 1. The van der Waals surface area contributed by atoms with E-state index >= 15 is 0 Å². The zero-order valence-electron chi connectivity index (χ0n) is 10.6. The first-order chi connectivity index (χ1) is 8.84. The van der Waals surface area contributed by atoms with Gasteiger partial charge in [-0.2, -0.15) is 5.10 Å². The Balaban J connectivity index is 1.71. The summed E-state index contributed by atoms with van der Waals surface area (Å²) in [5.41, 5.74) is 3.36. The molecule has 18 heavy (non-hydrogen) atoms. The van der Waals surface area contributed by atoms with E-state index in [2.05, 4.69) is 27.4 Å². The second-order valence-corrected chi connectivity index (χ2v) is 5.02. The van der Waals surface area contributed by atoms with Crippen molar-refractivity contribution < 1.29 is 0 Å². The molecule has 0 aromatic carbocycles. The topological polar surface area (TPSA) is 53.6 Å². The number of hydrogen-bond donors (Lipinski definition) is 2. The van der Waals surface area contributed by atoms with Crippen LogP contribution in [0.25, 0.3) is 11.3 Å². The Hall–Kier alpha value is -1.68. The largest absolute Gasteiger partial charge is 0.310 e. The van der Waals surface area contributed by atoms with Gasteiger partial charge in [0.15, 0.2) is 0 Å². The Morgan fingerprint density at radius 2 is 2.33 bits per heavy atom. The quantitative estimate of drug-likeness (QED) is 0.846. The maximum atomic E-state index is 4.15. The van der Waals surface area contributed by atoms with Crippen LogP contribution in [0.1, 0.15) is 25.3 Å². The summed E-state index contributed by atoms with van der Waals surface area (Å²) in [5, 5.41) is 10.8. The van der Waals surface area contributed by atoms with Gasteiger partial charge in [-0.3, -0.25) is 10.1 Å². The van der Waals surface area contributed by atoms with Crippen LogP contribution in [0.4, 0.5) is 0 Å². The van der Waals surface area contributed by atoms with Crippen LogP contribution in [0.2, 0.25) is 0 Å². The summed E-state index contributed by atoms with van der Waals surface area (Å²) in [7, 11) is 0. The molecule has 1 aliphatic carbocycles. The summed E-state index contributed by atoms with van der Waals surface area (Å²) in [6, 6.07) is 4.59. The lowest BCUT2D eigenvalue weighted by Gasteiger charge is -2.12. The van der Waals surface area contributed by atoms with Gasteiger partial charge in [-0.15, -0.1) is 0 Å². The van der Waals surface area contributed by atoms with Crippen molar-refractivity contribution in [2.75, 3.05) is 0 Å². The number of aromatic nitrogens is 3. The molecule has 1 saturated carbocycles. The molecular formula is C14H18N4. The predicted octanol–water partition coefficient (Wildman–Crippen LogP) is 2.36. The van der Waals surface area contributed by atoms with Gasteiger partial charge in [0, 0.05) is 36.1 Å². The molecular weight excluding hydrogens is 224 g/mol. The molecule has 1 fully saturated rings. The van der Waals surface area contributed by atoms with E-state index in [-0.39, 0.29) is 0 Å². The number of nitrogens with zero attached hydrogens (tertiary/aromatic N) is 2. The smallest absolute Gasteiger partial charge is 0.0710 e. The van der Waals surface area contributed by atoms with E-state index in [1.807, 2.05) is 24.5 Å². The van der Waals surface area contributed by atoms with Crippen LogP contribution in [0.15, 0.2) is 30.7 Å². The van der Waals surface area contributed by atoms with Crippen molar-refractivity contribution in [3.8, 4) is 11.3 Å². The lowest BCUT2D eigenvalue weighted by atomic mass is 10.1. The van der Waals surface area contributed by atoms with Gasteiger partial charge in [0.25, 0.3) is 0 Å². The molecule has 2 aromatic heterocycles. The van der Waals surface area contributed by atoms with Crippen LogP contribution in [0, 0.1) is 5.92 Å². The Morgan fingerprint density at radius 3 is 3.06 bits per heavy atom. The first-order valence-corrected chi connectivity index (χ1v) is 6.50. The number of nitrogens with one attached hydrogen (secondary N) is 2. The summed E-state index contributed by atoms with van der Waals surface area (Å²) in [4.78, 5) is 4.15. The fraction of sp³-hybridized carbons (Fsp3) is 0.429. The Labute approximate surface area is 107 Å². The maximum absolute atomic E-state index is 4.15. The van der Waals surface area contributed by atoms with E-state index in [9.17, 15) is 0 Å². The minimum atomic E-state index is 0.599. The van der Waals surface area contributed by atoms with Crippen molar-refractivity contribution in [1.29, 1.82) is 0 Å². The normalized spacial score (nSPS) is 16.7. The monoisotopic (exact) mass is 242 g/mol. The molecule has 4 nitrogen and oxygen atoms in total. The van der Waals surface area contributed by atoms with Crippen molar-refractivity contribution in [2.24, 2.45) is 5.92 Å². The van der Waals surface area contributed by atoms with Crippen molar-refractivity contribution >= 4 is 0 Å². The maximum Gasteiger partial charge on any atom is 0.0710 e. The number of hydrogen-bond acceptors (Lipinski definition) is 3. The average molecular weight is 242 g/mol. The summed E-state index contributed by atoms with van der Waals surface area (Å²) in [5.74, 6) is 0.874. The van der Waals surface area contributed by atoms with Crippen LogP contribution in [-0.4, -0.2) is 21.2 Å². The second kappa shape index (κ2) is 4.90. The van der Waals surface area contributed by atoms with E-state index < -0.39 is 0 Å². The average Bonchev–Trinajstić information content (AvgIpc) is 3.16. The van der Waals surface area contributed by atoms with Crippen LogP contribution in [0.3, 0.4) is 0 Å². The highest BCUT2D eigenvalue weighted by atomic mass is 15.1. The summed E-state index contributed by atoms with van der Waals surface area (Å²) >= 11 is 0. The van der Waals surface area contributed by atoms with Crippen LogP contribution >= 0.6 is 0 Å². The second-order valence-electron chi connectivity index (χ2n) is 5.02. The van der Waals surface area contributed by atoms with Gasteiger partial charge in [-0.05, 0) is 37.8 Å². The minimum Gasteiger partial charge on any atom is -0.310 e. The van der Waals surface area contributed by atoms with Crippen LogP contribution in [0.5, 0.6) is 0 Å². The SMILES string of the molecule is CC(NCc1cn[nH]c1-c1cccnc1)C1CC1. The van der Waals surface area contributed by atoms with Gasteiger partial charge < -0.3 is 5.32 Å². The zero-order chi connectivity index (χ0) is 12.4. The molecule has 3 rings (SSSR count). The standard InChI is InChI=1S/C14H18N4/c1-10(11-4-5-11)16-8-13-9-17-18-14(13)12-3-2-6-15-7-12/h2-3,6-7,9-11,16H,4-5,8H2,1H3,(H,17,18). The van der Waals surface area contributed by atoms with Gasteiger partial charge in [0.05, 0.1) is 11.9 Å². The predicted molar refractivity (Wildman–Crippen MR) is 70.8 cm³/mol. The molecule has 4 heteroatoms. The Bertz CT molecular complexity index is 502. The molecule has 0 radical (unpaired) electrons. The highest BCUT2D eigenvalue weighted by Crippen LogP contribution is 2.32. The van der Waals surface area contributed by atoms with Gasteiger partial charge in [0.1, 0.15) is 0 Å². The first kappa shape index (κ1) is 11.4. The van der Waals surface area contributed by atoms with Gasteiger partial charge in [-0.25, -0.2) is 0 Å². The van der Waals surface area contributed by atoms with Crippen LogP contribution < -0.4 is 5.32 Å². The third-order valence-corrected chi connectivity index (χ3v) is 3.61. The highest BCUT2D eigenvalue weighted by Gasteiger charge is 2.27. The molecule has 94 valence electrons. The Morgan fingerprint density at radius 1 is 1.44 bits per heavy atom. The number of rotatable bonds is 5. The van der Waals surface area contributed by atoms with E-state index in [4.69, 9.17) is 0 Å². The van der Waals surface area contributed by atoms with Crippen molar-refractivity contribution in [3.63, 3.8) is 0 Å². The molecule has 2 N–H and O–H groups in total. The fourth-order valence-corrected chi connectivity index (χ4v) is 2.24. The molecule has 0 bridgehead atoms. The summed E-state index contributed by atoms with van der Waals surface area (Å²) in [6.45, 7) is 3.12. The van der Waals surface area contributed by atoms with E-state index in [1.165, 1.54) is 18.4 Å². The molecule has 0 saturated heterocycles. The fourth-order valence-electron chi connectivity index (χ4n) is 2.24. The molecule has 1 unspecified atom stereocenters. The lowest BCUT2D eigenvalue weighted by Crippen LogP contribution is -2.27. The molecule has 1 atom stereocenters. The molecule has 0 amide bonds. The van der Waals surface area contributed by atoms with E-state index in [0.717, 1.165) is 23.7 Å². The minimum absolute atomic E-state index is 0.599. The van der Waals surface area contributed by atoms with Crippen molar-refractivity contribution in [2.45, 2.75) is 32.4 Å². The Kier molecular flexibility index (Phi) is 3.11. The zero-order valence-corrected chi connectivity index (χ0v) is 10.6. The third kappa shape index (κ3) is 2.43. The van der Waals surface area contributed by atoms with Crippen molar-refractivity contribution in [1.82, 2.24) is 20.5 Å². The van der Waals surface area contributed by atoms with Crippen LogP contribution in [-0.2, 0) is 6.54 Å². The highest BCUT2D eigenvalue weighted by molar-refractivity contribution is 5.61. The van der Waals surface area contributed by atoms with Gasteiger partial charge in [-0.1, -0.05) is 0 Å². The third-order valence-electron chi connectivity index (χ3n) is 3.61. The van der Waals surface area contributed by atoms with Gasteiger partial charge >= 0.3 is 0 Å². The van der Waals surface area contributed by atoms with E-state index in [0.29, 0.717) is 6.04 Å². The molecule has 0 spiro atoms. The number of H-pyrrole nitrogens is 1. The summed E-state index contributed by atoms with van der Waals surface area (Å²) < 4.78 is 0.